The van der Waals surface area contributed by atoms with E-state index in [9.17, 15) is 26.4 Å². The van der Waals surface area contributed by atoms with Gasteiger partial charge < -0.3 is 5.73 Å². The quantitative estimate of drug-likeness (QED) is 0.557. The maximum atomic E-state index is 12.8. The highest BCUT2D eigenvalue weighted by molar-refractivity contribution is 7.92. The minimum absolute atomic E-state index is 0.113. The SMILES string of the molecule is Cc1cccc(CN(c2ccc(C(C(N)=O)c3ccc(C(F)(F)F)nc3)cc2)S(C)(=O)=O)c1. The molecule has 3 aromatic rings. The van der Waals surface area contributed by atoms with E-state index < -0.39 is 33.7 Å². The van der Waals surface area contributed by atoms with E-state index in [1.807, 2.05) is 31.2 Å². The van der Waals surface area contributed by atoms with Crippen LogP contribution in [0.2, 0.25) is 0 Å². The maximum absolute atomic E-state index is 12.8. The Labute approximate surface area is 189 Å². The van der Waals surface area contributed by atoms with E-state index in [4.69, 9.17) is 5.73 Å². The number of primary amides is 1. The lowest BCUT2D eigenvalue weighted by molar-refractivity contribution is -0.141. The number of aryl methyl sites for hydroxylation is 1. The molecular formula is C23H22F3N3O3S. The first-order valence-corrected chi connectivity index (χ1v) is 11.7. The Morgan fingerprint density at radius 3 is 2.18 bits per heavy atom. The highest BCUT2D eigenvalue weighted by Crippen LogP contribution is 2.31. The third kappa shape index (κ3) is 5.89. The van der Waals surface area contributed by atoms with Crippen molar-refractivity contribution < 1.29 is 26.4 Å². The Morgan fingerprint density at radius 2 is 1.70 bits per heavy atom. The highest BCUT2D eigenvalue weighted by Gasteiger charge is 2.33. The molecule has 6 nitrogen and oxygen atoms in total. The normalized spacial score (nSPS) is 12.9. The summed E-state index contributed by atoms with van der Waals surface area (Å²) in [6.07, 6.45) is -2.54. The number of aromatic nitrogens is 1. The predicted octanol–water partition coefficient (Wildman–Crippen LogP) is 3.99. The molecule has 1 atom stereocenters. The van der Waals surface area contributed by atoms with Gasteiger partial charge in [-0.1, -0.05) is 48.0 Å². The van der Waals surface area contributed by atoms with Crippen molar-refractivity contribution in [2.45, 2.75) is 25.6 Å². The van der Waals surface area contributed by atoms with Crippen molar-refractivity contribution in [2.75, 3.05) is 10.6 Å². The third-order valence-electron chi connectivity index (χ3n) is 5.02. The van der Waals surface area contributed by atoms with Crippen molar-refractivity contribution in [3.05, 3.63) is 94.8 Å². The van der Waals surface area contributed by atoms with Crippen LogP contribution in [0.15, 0.2) is 66.9 Å². The van der Waals surface area contributed by atoms with Crippen molar-refractivity contribution in [2.24, 2.45) is 5.73 Å². The number of alkyl halides is 3. The summed E-state index contributed by atoms with van der Waals surface area (Å²) in [5.74, 6) is -1.82. The summed E-state index contributed by atoms with van der Waals surface area (Å²) >= 11 is 0. The topological polar surface area (TPSA) is 93.4 Å². The number of carbonyl (C=O) groups excluding carboxylic acids is 1. The van der Waals surface area contributed by atoms with Gasteiger partial charge in [-0.25, -0.2) is 8.42 Å². The van der Waals surface area contributed by atoms with Gasteiger partial charge in [0.2, 0.25) is 15.9 Å². The molecular weight excluding hydrogens is 455 g/mol. The minimum atomic E-state index is -4.60. The lowest BCUT2D eigenvalue weighted by Crippen LogP contribution is -2.29. The van der Waals surface area contributed by atoms with Crippen LogP contribution in [0.4, 0.5) is 18.9 Å². The van der Waals surface area contributed by atoms with Crippen LogP contribution in [0.5, 0.6) is 0 Å². The van der Waals surface area contributed by atoms with Gasteiger partial charge in [0.25, 0.3) is 0 Å². The van der Waals surface area contributed by atoms with E-state index in [0.717, 1.165) is 35.7 Å². The largest absolute Gasteiger partial charge is 0.433 e. The number of nitrogens with zero attached hydrogens (tertiary/aromatic N) is 2. The molecule has 10 heteroatoms. The van der Waals surface area contributed by atoms with E-state index in [0.29, 0.717) is 11.3 Å². The zero-order chi connectivity index (χ0) is 24.4. The van der Waals surface area contributed by atoms with Crippen LogP contribution >= 0.6 is 0 Å². The third-order valence-corrected chi connectivity index (χ3v) is 6.16. The van der Waals surface area contributed by atoms with Crippen molar-refractivity contribution in [1.29, 1.82) is 0 Å². The molecule has 3 rings (SSSR count). The first kappa shape index (κ1) is 24.2. The van der Waals surface area contributed by atoms with Gasteiger partial charge in [0.05, 0.1) is 24.4 Å². The summed E-state index contributed by atoms with van der Waals surface area (Å²) in [6.45, 7) is 2.02. The molecule has 0 bridgehead atoms. The van der Waals surface area contributed by atoms with Gasteiger partial charge in [-0.15, -0.1) is 0 Å². The van der Waals surface area contributed by atoms with Crippen LogP contribution in [-0.4, -0.2) is 25.6 Å². The molecule has 1 unspecified atom stereocenters. The average Bonchev–Trinajstić information content (AvgIpc) is 2.72. The predicted molar refractivity (Wildman–Crippen MR) is 119 cm³/mol. The number of carbonyl (C=O) groups is 1. The first-order chi connectivity index (χ1) is 15.4. The zero-order valence-corrected chi connectivity index (χ0v) is 18.7. The molecule has 2 aromatic carbocycles. The number of nitrogens with two attached hydrogens (primary N) is 1. The summed E-state index contributed by atoms with van der Waals surface area (Å²) in [5, 5.41) is 0. The van der Waals surface area contributed by atoms with Crippen LogP contribution in [0.25, 0.3) is 0 Å². The van der Waals surface area contributed by atoms with Crippen molar-refractivity contribution >= 4 is 21.6 Å². The van der Waals surface area contributed by atoms with E-state index >= 15 is 0 Å². The fourth-order valence-corrected chi connectivity index (χ4v) is 4.36. The van der Waals surface area contributed by atoms with Gasteiger partial charge in [0.15, 0.2) is 0 Å². The van der Waals surface area contributed by atoms with Gasteiger partial charge in [0.1, 0.15) is 5.69 Å². The van der Waals surface area contributed by atoms with E-state index in [1.54, 1.807) is 0 Å². The molecule has 1 amide bonds. The molecule has 0 aliphatic carbocycles. The monoisotopic (exact) mass is 477 g/mol. The molecule has 0 aliphatic heterocycles. The van der Waals surface area contributed by atoms with E-state index in [-0.39, 0.29) is 12.1 Å². The molecule has 1 aromatic heterocycles. The zero-order valence-electron chi connectivity index (χ0n) is 17.9. The summed E-state index contributed by atoms with van der Waals surface area (Å²) in [5.41, 5.74) is 7.20. The van der Waals surface area contributed by atoms with Crippen LogP contribution in [0, 0.1) is 6.92 Å². The molecule has 2 N–H and O–H groups in total. The molecule has 33 heavy (non-hydrogen) atoms. The highest BCUT2D eigenvalue weighted by atomic mass is 32.2. The summed E-state index contributed by atoms with van der Waals surface area (Å²) in [4.78, 5) is 15.5. The maximum Gasteiger partial charge on any atom is 0.433 e. The molecule has 1 heterocycles. The summed E-state index contributed by atoms with van der Waals surface area (Å²) in [7, 11) is -3.62. The van der Waals surface area contributed by atoms with Gasteiger partial charge in [-0.3, -0.25) is 14.1 Å². The first-order valence-electron chi connectivity index (χ1n) is 9.82. The number of benzene rings is 2. The molecule has 174 valence electrons. The van der Waals surface area contributed by atoms with Crippen LogP contribution in [-0.2, 0) is 27.5 Å². The van der Waals surface area contributed by atoms with Gasteiger partial charge in [-0.2, -0.15) is 13.2 Å². The number of halogens is 3. The van der Waals surface area contributed by atoms with Gasteiger partial charge >= 0.3 is 6.18 Å². The van der Waals surface area contributed by atoms with Crippen LogP contribution in [0.1, 0.15) is 33.9 Å². The lowest BCUT2D eigenvalue weighted by atomic mass is 9.91. The van der Waals surface area contributed by atoms with Crippen LogP contribution < -0.4 is 10.0 Å². The van der Waals surface area contributed by atoms with Gasteiger partial charge in [0, 0.05) is 6.20 Å². The molecule has 0 radical (unpaired) electrons. The second-order valence-corrected chi connectivity index (χ2v) is 9.57. The lowest BCUT2D eigenvalue weighted by Gasteiger charge is -2.23. The Kier molecular flexibility index (Phi) is 6.78. The number of amides is 1. The fraction of sp³-hybridized carbons (Fsp3) is 0.217. The van der Waals surface area contributed by atoms with Gasteiger partial charge in [-0.05, 0) is 41.8 Å². The Hall–Kier alpha value is -3.40. The van der Waals surface area contributed by atoms with Crippen molar-refractivity contribution in [1.82, 2.24) is 4.98 Å². The molecule has 0 spiro atoms. The summed E-state index contributed by atoms with van der Waals surface area (Å²) in [6, 6.07) is 15.5. The molecule has 0 fully saturated rings. The number of hydrogen-bond donors (Lipinski definition) is 1. The Bertz CT molecular complexity index is 1240. The second-order valence-electron chi connectivity index (χ2n) is 7.66. The Morgan fingerprint density at radius 1 is 1.06 bits per heavy atom. The number of sulfonamides is 1. The summed E-state index contributed by atoms with van der Waals surface area (Å²) < 4.78 is 64.5. The standard InChI is InChI=1S/C23H22F3N3O3S/c1-15-4-3-5-16(12-15)14-29(33(2,31)32)19-9-6-17(7-10-19)21(22(27)30)18-8-11-20(28-13-18)23(24,25)26/h3-13,21H,14H2,1-2H3,(H2,27,30). The van der Waals surface area contributed by atoms with Crippen LogP contribution in [0.3, 0.4) is 0 Å². The molecule has 0 aliphatic rings. The number of rotatable bonds is 7. The van der Waals surface area contributed by atoms with Crippen molar-refractivity contribution in [3.63, 3.8) is 0 Å². The molecule has 0 saturated heterocycles. The van der Waals surface area contributed by atoms with E-state index in [2.05, 4.69) is 4.98 Å². The smallest absolute Gasteiger partial charge is 0.369 e. The molecule has 0 saturated carbocycles. The second kappa shape index (κ2) is 9.22. The van der Waals surface area contributed by atoms with E-state index in [1.165, 1.54) is 28.6 Å². The number of hydrogen-bond acceptors (Lipinski definition) is 4. The minimum Gasteiger partial charge on any atom is -0.369 e. The Balaban J connectivity index is 1.93. The van der Waals surface area contributed by atoms with Crippen molar-refractivity contribution in [3.8, 4) is 0 Å². The number of pyridine rings is 1. The average molecular weight is 478 g/mol. The fourth-order valence-electron chi connectivity index (χ4n) is 3.47. The number of anilines is 1.